The van der Waals surface area contributed by atoms with Gasteiger partial charge in [-0.15, -0.1) is 11.3 Å². The van der Waals surface area contributed by atoms with Crippen molar-refractivity contribution in [1.29, 1.82) is 0 Å². The van der Waals surface area contributed by atoms with Crippen LogP contribution in [0.1, 0.15) is 21.7 Å². The molecule has 4 aromatic rings. The SMILES string of the molecule is Cn1nc(-c2nccc3ncsc23)c(C(F)(F)F)c1C(=O)Nc1ccnc(C(F)(F)F)c1. The van der Waals surface area contributed by atoms with E-state index in [1.54, 1.807) is 0 Å². The van der Waals surface area contributed by atoms with Crippen LogP contribution in [0.25, 0.3) is 21.6 Å². The van der Waals surface area contributed by atoms with E-state index < -0.39 is 40.9 Å². The second kappa shape index (κ2) is 7.55. The molecular formula is C18H10F6N6OS. The Bertz CT molecular complexity index is 1330. The van der Waals surface area contributed by atoms with Crippen LogP contribution in [0.3, 0.4) is 0 Å². The molecule has 4 heterocycles. The Kier molecular flexibility index (Phi) is 5.11. The lowest BCUT2D eigenvalue weighted by atomic mass is 10.1. The van der Waals surface area contributed by atoms with Crippen LogP contribution < -0.4 is 5.32 Å². The normalized spacial score (nSPS) is 12.3. The van der Waals surface area contributed by atoms with Gasteiger partial charge in [-0.1, -0.05) is 0 Å². The van der Waals surface area contributed by atoms with Gasteiger partial charge in [0.15, 0.2) is 0 Å². The summed E-state index contributed by atoms with van der Waals surface area (Å²) in [6.07, 6.45) is -7.76. The number of aryl methyl sites for hydroxylation is 1. The van der Waals surface area contributed by atoms with E-state index in [2.05, 4.69) is 25.4 Å². The first-order chi connectivity index (χ1) is 15.0. The summed E-state index contributed by atoms with van der Waals surface area (Å²) in [4.78, 5) is 23.9. The van der Waals surface area contributed by atoms with Gasteiger partial charge in [-0.25, -0.2) is 4.98 Å². The molecule has 0 bridgehead atoms. The van der Waals surface area contributed by atoms with Crippen LogP contribution in [0.5, 0.6) is 0 Å². The summed E-state index contributed by atoms with van der Waals surface area (Å²) in [5.74, 6) is -1.30. The zero-order valence-corrected chi connectivity index (χ0v) is 16.6. The fourth-order valence-electron chi connectivity index (χ4n) is 3.03. The lowest BCUT2D eigenvalue weighted by Crippen LogP contribution is -2.21. The molecule has 0 aromatic carbocycles. The molecule has 166 valence electrons. The van der Waals surface area contributed by atoms with Crippen LogP contribution in [-0.4, -0.2) is 30.6 Å². The van der Waals surface area contributed by atoms with Crippen molar-refractivity contribution in [2.24, 2.45) is 7.05 Å². The third-order valence-corrected chi connectivity index (χ3v) is 5.17. The number of hydrogen-bond acceptors (Lipinski definition) is 6. The van der Waals surface area contributed by atoms with Crippen molar-refractivity contribution in [1.82, 2.24) is 24.7 Å². The number of aromatic nitrogens is 5. The van der Waals surface area contributed by atoms with E-state index in [0.29, 0.717) is 21.0 Å². The van der Waals surface area contributed by atoms with E-state index in [0.717, 1.165) is 30.6 Å². The largest absolute Gasteiger partial charge is 0.433 e. The van der Waals surface area contributed by atoms with Crippen LogP contribution in [0, 0.1) is 0 Å². The number of anilines is 1. The highest BCUT2D eigenvalue weighted by atomic mass is 32.1. The van der Waals surface area contributed by atoms with Crippen molar-refractivity contribution >= 4 is 33.1 Å². The van der Waals surface area contributed by atoms with E-state index in [4.69, 9.17) is 0 Å². The molecule has 0 saturated carbocycles. The monoisotopic (exact) mass is 472 g/mol. The van der Waals surface area contributed by atoms with E-state index in [-0.39, 0.29) is 11.4 Å². The molecule has 0 fully saturated rings. The minimum atomic E-state index is -5.01. The Hall–Kier alpha value is -3.55. The number of pyridine rings is 2. The third kappa shape index (κ3) is 3.88. The molecule has 1 amide bonds. The second-order valence-electron chi connectivity index (χ2n) is 6.44. The second-order valence-corrected chi connectivity index (χ2v) is 7.29. The Morgan fingerprint density at radius 2 is 1.72 bits per heavy atom. The average Bonchev–Trinajstić information content (AvgIpc) is 3.31. The first kappa shape index (κ1) is 21.7. The van der Waals surface area contributed by atoms with Crippen molar-refractivity contribution in [2.75, 3.05) is 5.32 Å². The molecule has 4 aromatic heterocycles. The van der Waals surface area contributed by atoms with Gasteiger partial charge in [0.05, 0.1) is 15.7 Å². The third-order valence-electron chi connectivity index (χ3n) is 4.32. The van der Waals surface area contributed by atoms with Gasteiger partial charge >= 0.3 is 12.4 Å². The molecule has 0 aliphatic heterocycles. The number of fused-ring (bicyclic) bond motifs is 1. The first-order valence-electron chi connectivity index (χ1n) is 8.64. The number of nitrogens with one attached hydrogen (secondary N) is 1. The van der Waals surface area contributed by atoms with Crippen LogP contribution in [-0.2, 0) is 19.4 Å². The average molecular weight is 472 g/mol. The van der Waals surface area contributed by atoms with Gasteiger partial charge in [0.25, 0.3) is 5.91 Å². The van der Waals surface area contributed by atoms with Crippen molar-refractivity contribution in [3.8, 4) is 11.4 Å². The molecular weight excluding hydrogens is 462 g/mol. The highest BCUT2D eigenvalue weighted by Crippen LogP contribution is 2.41. The first-order valence-corrected chi connectivity index (χ1v) is 9.52. The number of carbonyl (C=O) groups is 1. The molecule has 32 heavy (non-hydrogen) atoms. The lowest BCUT2D eigenvalue weighted by Gasteiger charge is -2.12. The summed E-state index contributed by atoms with van der Waals surface area (Å²) in [6.45, 7) is 0. The van der Waals surface area contributed by atoms with E-state index in [1.165, 1.54) is 17.8 Å². The number of carbonyl (C=O) groups excluding carboxylic acids is 1. The van der Waals surface area contributed by atoms with Gasteiger partial charge in [-0.2, -0.15) is 31.4 Å². The molecule has 14 heteroatoms. The smallest absolute Gasteiger partial charge is 0.321 e. The molecule has 0 aliphatic rings. The van der Waals surface area contributed by atoms with Crippen molar-refractivity contribution in [3.05, 3.63) is 53.1 Å². The number of hydrogen-bond donors (Lipinski definition) is 1. The molecule has 7 nitrogen and oxygen atoms in total. The Balaban J connectivity index is 1.82. The van der Waals surface area contributed by atoms with Gasteiger partial charge < -0.3 is 5.32 Å². The molecule has 0 spiro atoms. The molecule has 0 aliphatic carbocycles. The number of thiazole rings is 1. The Morgan fingerprint density at radius 1 is 1.00 bits per heavy atom. The molecule has 1 N–H and O–H groups in total. The summed E-state index contributed by atoms with van der Waals surface area (Å²) in [5, 5.41) is 5.91. The fourth-order valence-corrected chi connectivity index (χ4v) is 3.81. The number of nitrogens with zero attached hydrogens (tertiary/aromatic N) is 5. The van der Waals surface area contributed by atoms with E-state index >= 15 is 0 Å². The molecule has 0 unspecified atom stereocenters. The van der Waals surface area contributed by atoms with Gasteiger partial charge in [0.1, 0.15) is 28.3 Å². The number of rotatable bonds is 3. The maximum atomic E-state index is 14.0. The van der Waals surface area contributed by atoms with Crippen LogP contribution in [0.2, 0.25) is 0 Å². The maximum absolute atomic E-state index is 14.0. The zero-order valence-electron chi connectivity index (χ0n) is 15.8. The molecule has 0 radical (unpaired) electrons. The quantitative estimate of drug-likeness (QED) is 0.434. The number of amides is 1. The minimum Gasteiger partial charge on any atom is -0.321 e. The molecule has 0 saturated heterocycles. The summed E-state index contributed by atoms with van der Waals surface area (Å²) >= 11 is 1.05. The Labute approximate surface area is 178 Å². The molecule has 4 rings (SSSR count). The van der Waals surface area contributed by atoms with Gasteiger partial charge in [0, 0.05) is 25.1 Å². The van der Waals surface area contributed by atoms with Crippen molar-refractivity contribution < 1.29 is 31.1 Å². The predicted molar refractivity (Wildman–Crippen MR) is 102 cm³/mol. The summed E-state index contributed by atoms with van der Waals surface area (Å²) in [5.41, 5.74) is -2.81. The predicted octanol–water partition coefficient (Wildman–Crippen LogP) is 4.78. The summed E-state index contributed by atoms with van der Waals surface area (Å²) in [6, 6.07) is 3.06. The van der Waals surface area contributed by atoms with Gasteiger partial charge in [0.2, 0.25) is 0 Å². The van der Waals surface area contributed by atoms with Crippen molar-refractivity contribution in [3.63, 3.8) is 0 Å². The highest BCUT2D eigenvalue weighted by Gasteiger charge is 2.43. The minimum absolute atomic E-state index is 0.116. The Morgan fingerprint density at radius 3 is 2.41 bits per heavy atom. The van der Waals surface area contributed by atoms with Gasteiger partial charge in [-0.05, 0) is 18.2 Å². The number of halogens is 6. The topological polar surface area (TPSA) is 85.6 Å². The van der Waals surface area contributed by atoms with Crippen LogP contribution >= 0.6 is 11.3 Å². The summed E-state index contributed by atoms with van der Waals surface area (Å²) < 4.78 is 81.7. The maximum Gasteiger partial charge on any atom is 0.433 e. The van der Waals surface area contributed by atoms with Gasteiger partial charge in [-0.3, -0.25) is 19.4 Å². The van der Waals surface area contributed by atoms with E-state index in [1.807, 2.05) is 0 Å². The van der Waals surface area contributed by atoms with Crippen LogP contribution in [0.15, 0.2) is 36.1 Å². The number of alkyl halides is 6. The summed E-state index contributed by atoms with van der Waals surface area (Å²) in [7, 11) is 1.12. The standard InChI is InChI=1S/C18H10F6N6OS/c1-30-14(16(31)28-8-2-4-25-10(6-8)17(19,20)21)11(18(22,23)24)12(29-30)13-15-9(3-5-26-13)27-7-32-15/h2-7H,1H3,(H,25,28,31). The fraction of sp³-hybridized carbons (Fsp3) is 0.167. The zero-order chi connectivity index (χ0) is 23.3. The van der Waals surface area contributed by atoms with E-state index in [9.17, 15) is 31.1 Å². The lowest BCUT2D eigenvalue weighted by molar-refractivity contribution is -0.141. The highest BCUT2D eigenvalue weighted by molar-refractivity contribution is 7.17. The van der Waals surface area contributed by atoms with Crippen LogP contribution in [0.4, 0.5) is 32.0 Å². The molecule has 0 atom stereocenters. The van der Waals surface area contributed by atoms with Crippen molar-refractivity contribution in [2.45, 2.75) is 12.4 Å².